The molecule has 0 saturated heterocycles. The lowest BCUT2D eigenvalue weighted by Crippen LogP contribution is -1.98. The largest absolute Gasteiger partial charge is 0.399 e. The van der Waals surface area contributed by atoms with Crippen molar-refractivity contribution in [2.45, 2.75) is 187 Å². The Bertz CT molecular complexity index is 1450. The molecular formula is C53H78N2. The van der Waals surface area contributed by atoms with Gasteiger partial charge in [-0.25, -0.2) is 0 Å². The van der Waals surface area contributed by atoms with E-state index >= 15 is 0 Å². The minimum Gasteiger partial charge on any atom is -0.399 e. The highest BCUT2D eigenvalue weighted by Crippen LogP contribution is 2.23. The van der Waals surface area contributed by atoms with Crippen LogP contribution in [0.4, 0.5) is 11.4 Å². The Morgan fingerprint density at radius 1 is 0.291 bits per heavy atom. The number of rotatable bonds is 30. The molecule has 4 N–H and O–H groups in total. The average Bonchev–Trinajstić information content (AvgIpc) is 3.20. The summed E-state index contributed by atoms with van der Waals surface area (Å²) in [6.07, 6.45) is 34.7. The summed E-state index contributed by atoms with van der Waals surface area (Å²) >= 11 is 0. The Kier molecular flexibility index (Phi) is 21.8. The van der Waals surface area contributed by atoms with Gasteiger partial charge in [-0.1, -0.05) is 196 Å². The number of hydrogen-bond acceptors (Lipinski definition) is 2. The Balaban J connectivity index is 1.00. The minimum atomic E-state index is 0.958. The number of nitrogen functional groups attached to an aromatic ring is 2. The van der Waals surface area contributed by atoms with E-state index in [0.717, 1.165) is 37.1 Å². The number of benzene rings is 4. The molecule has 0 radical (unpaired) electrons. The van der Waals surface area contributed by atoms with Crippen LogP contribution in [0.25, 0.3) is 0 Å². The second-order valence-electron chi connectivity index (χ2n) is 16.8. The molecule has 4 aromatic carbocycles. The fraction of sp³-hybridized carbons (Fsp3) is 0.547. The van der Waals surface area contributed by atoms with Gasteiger partial charge in [-0.15, -0.1) is 0 Å². The van der Waals surface area contributed by atoms with Crippen molar-refractivity contribution >= 4 is 11.4 Å². The third kappa shape index (κ3) is 18.3. The van der Waals surface area contributed by atoms with Gasteiger partial charge in [0.15, 0.2) is 0 Å². The first-order valence-corrected chi connectivity index (χ1v) is 22.9. The van der Waals surface area contributed by atoms with E-state index in [0.29, 0.717) is 0 Å². The molecule has 4 rings (SSSR count). The number of nitrogens with two attached hydrogens (primary N) is 2. The van der Waals surface area contributed by atoms with Gasteiger partial charge in [-0.2, -0.15) is 0 Å². The highest BCUT2D eigenvalue weighted by atomic mass is 14.6. The van der Waals surface area contributed by atoms with E-state index in [-0.39, 0.29) is 0 Å². The van der Waals surface area contributed by atoms with Crippen molar-refractivity contribution in [1.29, 1.82) is 0 Å². The third-order valence-corrected chi connectivity index (χ3v) is 11.8. The zero-order valence-corrected chi connectivity index (χ0v) is 35.3. The summed E-state index contributed by atoms with van der Waals surface area (Å²) in [4.78, 5) is 0. The van der Waals surface area contributed by atoms with E-state index in [1.165, 1.54) is 192 Å². The van der Waals surface area contributed by atoms with E-state index in [9.17, 15) is 0 Å². The molecule has 0 aliphatic rings. The molecule has 0 spiro atoms. The number of unbranched alkanes of at least 4 members (excludes halogenated alkanes) is 18. The van der Waals surface area contributed by atoms with E-state index in [2.05, 4.69) is 98.8 Å². The van der Waals surface area contributed by atoms with Crippen LogP contribution in [0.1, 0.15) is 193 Å². The van der Waals surface area contributed by atoms with Crippen molar-refractivity contribution in [3.63, 3.8) is 0 Å². The van der Waals surface area contributed by atoms with Crippen molar-refractivity contribution < 1.29 is 0 Å². The van der Waals surface area contributed by atoms with Crippen LogP contribution in [0.15, 0.2) is 84.9 Å². The molecule has 0 aromatic heterocycles. The topological polar surface area (TPSA) is 52.0 Å². The maximum atomic E-state index is 6.33. The van der Waals surface area contributed by atoms with Gasteiger partial charge in [0.1, 0.15) is 0 Å². The highest BCUT2D eigenvalue weighted by molar-refractivity contribution is 5.50. The first kappa shape index (κ1) is 44.2. The van der Waals surface area contributed by atoms with Crippen LogP contribution in [0.2, 0.25) is 0 Å². The van der Waals surface area contributed by atoms with Crippen LogP contribution >= 0.6 is 0 Å². The molecule has 2 heteroatoms. The quantitative estimate of drug-likeness (QED) is 0.0413. The average molecular weight is 743 g/mol. The lowest BCUT2D eigenvalue weighted by atomic mass is 9.97. The van der Waals surface area contributed by atoms with Crippen molar-refractivity contribution in [3.05, 3.63) is 129 Å². The van der Waals surface area contributed by atoms with E-state index < -0.39 is 0 Å². The number of aryl methyl sites for hydroxylation is 4. The Labute approximate surface area is 338 Å². The molecule has 2 nitrogen and oxygen atoms in total. The third-order valence-electron chi connectivity index (χ3n) is 11.8. The fourth-order valence-electron chi connectivity index (χ4n) is 8.18. The van der Waals surface area contributed by atoms with Gasteiger partial charge in [0.05, 0.1) is 0 Å². The molecule has 0 saturated carbocycles. The van der Waals surface area contributed by atoms with E-state index in [1.54, 1.807) is 0 Å². The Hall–Kier alpha value is -3.52. The fourth-order valence-corrected chi connectivity index (χ4v) is 8.18. The van der Waals surface area contributed by atoms with Crippen LogP contribution in [-0.2, 0) is 38.5 Å². The van der Waals surface area contributed by atoms with Crippen LogP contribution in [-0.4, -0.2) is 0 Å². The van der Waals surface area contributed by atoms with Crippen LogP contribution in [0.3, 0.4) is 0 Å². The maximum absolute atomic E-state index is 6.33. The lowest BCUT2D eigenvalue weighted by Gasteiger charge is -2.10. The molecule has 300 valence electrons. The first-order valence-electron chi connectivity index (χ1n) is 22.9. The summed E-state index contributed by atoms with van der Waals surface area (Å²) in [5.74, 6) is 0. The smallest absolute Gasteiger partial charge is 0.0346 e. The molecule has 0 aliphatic heterocycles. The van der Waals surface area contributed by atoms with Gasteiger partial charge in [0.25, 0.3) is 0 Å². The van der Waals surface area contributed by atoms with Gasteiger partial charge in [0, 0.05) is 11.4 Å². The second-order valence-corrected chi connectivity index (χ2v) is 16.8. The monoisotopic (exact) mass is 743 g/mol. The zero-order valence-electron chi connectivity index (χ0n) is 35.3. The van der Waals surface area contributed by atoms with E-state index in [1.807, 2.05) is 0 Å². The van der Waals surface area contributed by atoms with Gasteiger partial charge < -0.3 is 11.5 Å². The molecule has 0 bridgehead atoms. The number of hydrogen-bond donors (Lipinski definition) is 2. The molecule has 0 aliphatic carbocycles. The number of anilines is 2. The summed E-state index contributed by atoms with van der Waals surface area (Å²) < 4.78 is 0. The lowest BCUT2D eigenvalue weighted by molar-refractivity contribution is 0.558. The summed E-state index contributed by atoms with van der Waals surface area (Å²) in [6.45, 7) is 4.56. The predicted octanol–water partition coefficient (Wildman–Crippen LogP) is 15.1. The summed E-state index contributed by atoms with van der Waals surface area (Å²) in [5.41, 5.74) is 25.8. The normalized spacial score (nSPS) is 11.4. The SMILES string of the molecule is CCCCCCCCc1cc(Cc2ccc(CCCCCCCCCCCc3ccc(Cc4ccc(N)c(CCCCCCCC)c4)cc3)cc2)ccc1N. The molecule has 55 heavy (non-hydrogen) atoms. The van der Waals surface area contributed by atoms with Crippen molar-refractivity contribution in [2.75, 3.05) is 11.5 Å². The van der Waals surface area contributed by atoms with Gasteiger partial charge >= 0.3 is 0 Å². The zero-order chi connectivity index (χ0) is 38.8. The molecule has 0 heterocycles. The van der Waals surface area contributed by atoms with Gasteiger partial charge in [0.2, 0.25) is 0 Å². The van der Waals surface area contributed by atoms with E-state index in [4.69, 9.17) is 11.5 Å². The Morgan fingerprint density at radius 3 is 0.909 bits per heavy atom. The summed E-state index contributed by atoms with van der Waals surface area (Å²) in [5, 5.41) is 0. The second kappa shape index (κ2) is 27.1. The predicted molar refractivity (Wildman–Crippen MR) is 243 cm³/mol. The van der Waals surface area contributed by atoms with Crippen molar-refractivity contribution in [2.24, 2.45) is 0 Å². The van der Waals surface area contributed by atoms with Crippen molar-refractivity contribution in [1.82, 2.24) is 0 Å². The van der Waals surface area contributed by atoms with Crippen LogP contribution in [0, 0.1) is 0 Å². The van der Waals surface area contributed by atoms with Gasteiger partial charge in [-0.05, 0) is 121 Å². The van der Waals surface area contributed by atoms with Gasteiger partial charge in [-0.3, -0.25) is 0 Å². The first-order chi connectivity index (χ1) is 27.0. The Morgan fingerprint density at radius 2 is 0.564 bits per heavy atom. The molecule has 0 amide bonds. The summed E-state index contributed by atoms with van der Waals surface area (Å²) in [7, 11) is 0. The molecule has 4 aromatic rings. The minimum absolute atomic E-state index is 0.958. The summed E-state index contributed by atoms with van der Waals surface area (Å²) in [6, 6.07) is 32.1. The van der Waals surface area contributed by atoms with Crippen LogP contribution in [0.5, 0.6) is 0 Å². The highest BCUT2D eigenvalue weighted by Gasteiger charge is 2.06. The molecular weight excluding hydrogens is 665 g/mol. The van der Waals surface area contributed by atoms with Crippen LogP contribution < -0.4 is 11.5 Å². The molecule has 0 unspecified atom stereocenters. The standard InChI is InChI=1S/C53H78N2/c1-3-5-7-9-18-22-26-50-42-48(36-38-52(50)54)40-46-32-28-44(29-33-46)24-20-16-14-12-11-13-15-17-21-25-45-30-34-47(35-31-45)41-49-37-39-53(55)51(43-49)27-23-19-10-8-6-4-2/h28-39,42-43H,3-27,40-41,54-55H2,1-2H3. The molecule has 0 atom stereocenters. The van der Waals surface area contributed by atoms with Crippen molar-refractivity contribution in [3.8, 4) is 0 Å². The molecule has 0 fully saturated rings. The maximum Gasteiger partial charge on any atom is 0.0346 e.